The minimum absolute atomic E-state index is 0.0192. The summed E-state index contributed by atoms with van der Waals surface area (Å²) in [5, 5.41) is 0. The number of fused-ring (bicyclic) bond motifs is 1. The standard InChI is InChI=1S/C15H15N3O2/c1-11-9-12-5-2-3-6-13(12)18(11)14(19)10-17-8-4-7-16-15(17)20/h2-8,11H,9-10H2,1H3/t11-/m1/s1. The van der Waals surface area contributed by atoms with Gasteiger partial charge in [-0.15, -0.1) is 0 Å². The van der Waals surface area contributed by atoms with Gasteiger partial charge in [0.05, 0.1) is 0 Å². The molecule has 3 rings (SSSR count). The van der Waals surface area contributed by atoms with Gasteiger partial charge in [0.1, 0.15) is 6.54 Å². The van der Waals surface area contributed by atoms with Crippen LogP contribution in [0.3, 0.4) is 0 Å². The topological polar surface area (TPSA) is 55.2 Å². The van der Waals surface area contributed by atoms with Crippen molar-refractivity contribution in [3.05, 3.63) is 58.8 Å². The monoisotopic (exact) mass is 269 g/mol. The van der Waals surface area contributed by atoms with E-state index in [1.165, 1.54) is 16.3 Å². The molecule has 0 unspecified atom stereocenters. The second kappa shape index (κ2) is 4.92. The molecule has 0 fully saturated rings. The number of para-hydroxylation sites is 1. The Bertz CT molecular complexity index is 708. The van der Waals surface area contributed by atoms with Crippen LogP contribution in [0.15, 0.2) is 47.5 Å². The van der Waals surface area contributed by atoms with Crippen LogP contribution in [0, 0.1) is 0 Å². The first-order valence-electron chi connectivity index (χ1n) is 6.58. The molecule has 1 aromatic heterocycles. The molecule has 0 radical (unpaired) electrons. The van der Waals surface area contributed by atoms with Crippen molar-refractivity contribution >= 4 is 11.6 Å². The molecule has 0 aliphatic carbocycles. The molecule has 0 saturated heterocycles. The molecule has 102 valence electrons. The van der Waals surface area contributed by atoms with Gasteiger partial charge in [0.2, 0.25) is 5.91 Å². The van der Waals surface area contributed by atoms with E-state index in [0.29, 0.717) is 0 Å². The van der Waals surface area contributed by atoms with Crippen LogP contribution in [0.4, 0.5) is 5.69 Å². The van der Waals surface area contributed by atoms with E-state index in [2.05, 4.69) is 4.98 Å². The number of anilines is 1. The maximum atomic E-state index is 12.5. The Kier molecular flexibility index (Phi) is 3.10. The number of carbonyl (C=O) groups excluding carboxylic acids is 1. The lowest BCUT2D eigenvalue weighted by Gasteiger charge is -2.23. The largest absolute Gasteiger partial charge is 0.347 e. The van der Waals surface area contributed by atoms with Crippen molar-refractivity contribution in [3.8, 4) is 0 Å². The third kappa shape index (κ3) is 2.11. The van der Waals surface area contributed by atoms with Crippen molar-refractivity contribution in [2.24, 2.45) is 0 Å². The molecule has 0 spiro atoms. The summed E-state index contributed by atoms with van der Waals surface area (Å²) in [5.41, 5.74) is 1.72. The van der Waals surface area contributed by atoms with Gasteiger partial charge in [-0.05, 0) is 31.0 Å². The quantitative estimate of drug-likeness (QED) is 0.823. The number of carbonyl (C=O) groups is 1. The van der Waals surface area contributed by atoms with Gasteiger partial charge in [-0.25, -0.2) is 9.78 Å². The predicted molar refractivity (Wildman–Crippen MR) is 75.6 cm³/mol. The highest BCUT2D eigenvalue weighted by Crippen LogP contribution is 2.31. The SMILES string of the molecule is C[C@@H]1Cc2ccccc2N1C(=O)Cn1cccnc1=O. The summed E-state index contributed by atoms with van der Waals surface area (Å²) in [4.78, 5) is 29.5. The van der Waals surface area contributed by atoms with Crippen LogP contribution >= 0.6 is 0 Å². The molecular weight excluding hydrogens is 254 g/mol. The summed E-state index contributed by atoms with van der Waals surface area (Å²) >= 11 is 0. The average Bonchev–Trinajstić information content (AvgIpc) is 2.77. The number of rotatable bonds is 2. The number of amides is 1. The second-order valence-electron chi connectivity index (χ2n) is 4.98. The zero-order valence-electron chi connectivity index (χ0n) is 11.2. The van der Waals surface area contributed by atoms with Gasteiger partial charge in [-0.3, -0.25) is 9.36 Å². The van der Waals surface area contributed by atoms with Gasteiger partial charge >= 0.3 is 5.69 Å². The third-order valence-corrected chi connectivity index (χ3v) is 3.56. The van der Waals surface area contributed by atoms with E-state index < -0.39 is 5.69 Å². The number of nitrogens with zero attached hydrogens (tertiary/aromatic N) is 3. The third-order valence-electron chi connectivity index (χ3n) is 3.56. The Morgan fingerprint density at radius 2 is 2.15 bits per heavy atom. The summed E-state index contributed by atoms with van der Waals surface area (Å²) < 4.78 is 1.33. The van der Waals surface area contributed by atoms with E-state index in [-0.39, 0.29) is 18.5 Å². The highest BCUT2D eigenvalue weighted by atomic mass is 16.2. The lowest BCUT2D eigenvalue weighted by molar-refractivity contribution is -0.119. The Balaban J connectivity index is 1.88. The minimum atomic E-state index is -0.402. The first kappa shape index (κ1) is 12.6. The average molecular weight is 269 g/mol. The maximum absolute atomic E-state index is 12.5. The van der Waals surface area contributed by atoms with E-state index in [1.54, 1.807) is 17.2 Å². The van der Waals surface area contributed by atoms with Gasteiger partial charge in [-0.1, -0.05) is 18.2 Å². The van der Waals surface area contributed by atoms with E-state index >= 15 is 0 Å². The Hall–Kier alpha value is -2.43. The number of benzene rings is 1. The Morgan fingerprint density at radius 3 is 2.95 bits per heavy atom. The first-order valence-corrected chi connectivity index (χ1v) is 6.58. The molecule has 5 nitrogen and oxygen atoms in total. The normalized spacial score (nSPS) is 17.1. The molecule has 0 N–H and O–H groups in total. The number of hydrogen-bond acceptors (Lipinski definition) is 3. The highest BCUT2D eigenvalue weighted by Gasteiger charge is 2.30. The van der Waals surface area contributed by atoms with Gasteiger partial charge in [-0.2, -0.15) is 0 Å². The smallest absolute Gasteiger partial charge is 0.307 e. The van der Waals surface area contributed by atoms with E-state index in [0.717, 1.165) is 12.1 Å². The van der Waals surface area contributed by atoms with Gasteiger partial charge in [0, 0.05) is 24.1 Å². The van der Waals surface area contributed by atoms with Gasteiger partial charge in [0.15, 0.2) is 0 Å². The van der Waals surface area contributed by atoms with Gasteiger partial charge < -0.3 is 4.90 Å². The van der Waals surface area contributed by atoms with Crippen LogP contribution in [-0.4, -0.2) is 21.5 Å². The van der Waals surface area contributed by atoms with E-state index in [1.807, 2.05) is 31.2 Å². The fraction of sp³-hybridized carbons (Fsp3) is 0.267. The zero-order valence-corrected chi connectivity index (χ0v) is 11.2. The van der Waals surface area contributed by atoms with Crippen molar-refractivity contribution in [1.82, 2.24) is 9.55 Å². The predicted octanol–water partition coefficient (Wildman–Crippen LogP) is 1.22. The molecule has 1 atom stereocenters. The molecule has 0 saturated carbocycles. The number of aromatic nitrogens is 2. The highest BCUT2D eigenvalue weighted by molar-refractivity contribution is 5.96. The fourth-order valence-corrected chi connectivity index (χ4v) is 2.67. The molecule has 1 aromatic carbocycles. The molecule has 1 amide bonds. The minimum Gasteiger partial charge on any atom is -0.307 e. The molecule has 1 aliphatic rings. The second-order valence-corrected chi connectivity index (χ2v) is 4.98. The van der Waals surface area contributed by atoms with Crippen molar-refractivity contribution in [1.29, 1.82) is 0 Å². The van der Waals surface area contributed by atoms with Crippen LogP contribution in [0.25, 0.3) is 0 Å². The number of hydrogen-bond donors (Lipinski definition) is 0. The van der Waals surface area contributed by atoms with Crippen LogP contribution < -0.4 is 10.6 Å². The summed E-state index contributed by atoms with van der Waals surface area (Å²) in [7, 11) is 0. The van der Waals surface area contributed by atoms with Gasteiger partial charge in [0.25, 0.3) is 0 Å². The Labute approximate surface area is 116 Å². The van der Waals surface area contributed by atoms with Crippen LogP contribution in [0.1, 0.15) is 12.5 Å². The summed E-state index contributed by atoms with van der Waals surface area (Å²) in [6, 6.07) is 9.65. The molecule has 2 aromatic rings. The maximum Gasteiger partial charge on any atom is 0.347 e. The summed E-state index contributed by atoms with van der Waals surface area (Å²) in [6.07, 6.45) is 3.86. The molecule has 2 heterocycles. The van der Waals surface area contributed by atoms with Crippen molar-refractivity contribution in [2.45, 2.75) is 25.9 Å². The van der Waals surface area contributed by atoms with E-state index in [4.69, 9.17) is 0 Å². The Morgan fingerprint density at radius 1 is 1.35 bits per heavy atom. The molecule has 1 aliphatic heterocycles. The van der Waals surface area contributed by atoms with Crippen LogP contribution in [0.2, 0.25) is 0 Å². The summed E-state index contributed by atoms with van der Waals surface area (Å²) in [5.74, 6) is -0.0856. The van der Waals surface area contributed by atoms with E-state index in [9.17, 15) is 9.59 Å². The lowest BCUT2D eigenvalue weighted by Crippen LogP contribution is -2.40. The molecule has 5 heteroatoms. The zero-order chi connectivity index (χ0) is 14.1. The summed E-state index contributed by atoms with van der Waals surface area (Å²) in [6.45, 7) is 2.04. The van der Waals surface area contributed by atoms with Crippen LogP contribution in [-0.2, 0) is 17.8 Å². The van der Waals surface area contributed by atoms with Crippen molar-refractivity contribution in [2.75, 3.05) is 4.90 Å². The molecule has 20 heavy (non-hydrogen) atoms. The molecular formula is C15H15N3O2. The lowest BCUT2D eigenvalue weighted by atomic mass is 10.1. The van der Waals surface area contributed by atoms with Crippen LogP contribution in [0.5, 0.6) is 0 Å². The first-order chi connectivity index (χ1) is 9.66. The van der Waals surface area contributed by atoms with Crippen molar-refractivity contribution < 1.29 is 4.79 Å². The fourth-order valence-electron chi connectivity index (χ4n) is 2.67. The van der Waals surface area contributed by atoms with Crippen molar-refractivity contribution in [3.63, 3.8) is 0 Å². The molecule has 0 bridgehead atoms.